The molecule has 0 radical (unpaired) electrons. The molecule has 0 unspecified atom stereocenters. The van der Waals surface area contributed by atoms with Crippen molar-refractivity contribution in [2.45, 2.75) is 0 Å². The predicted molar refractivity (Wildman–Crippen MR) is 73.9 cm³/mol. The van der Waals surface area contributed by atoms with Gasteiger partial charge in [-0.05, 0) is 40.2 Å². The minimum Gasteiger partial charge on any atom is -0.320 e. The van der Waals surface area contributed by atoms with Crippen LogP contribution in [-0.4, -0.2) is 10.9 Å². The molecule has 1 N–H and O–H groups in total. The maximum absolute atomic E-state index is 13.6. The van der Waals surface area contributed by atoms with Crippen molar-refractivity contribution in [2.75, 3.05) is 5.32 Å². The van der Waals surface area contributed by atoms with E-state index >= 15 is 0 Å². The van der Waals surface area contributed by atoms with Crippen LogP contribution in [0.15, 0.2) is 39.5 Å². The highest BCUT2D eigenvalue weighted by molar-refractivity contribution is 9.10. The van der Waals surface area contributed by atoms with Crippen LogP contribution in [0.3, 0.4) is 0 Å². The fourth-order valence-electron chi connectivity index (χ4n) is 1.40. The summed E-state index contributed by atoms with van der Waals surface area (Å²) in [5.74, 6) is -2.74. The van der Waals surface area contributed by atoms with Crippen LogP contribution < -0.4 is 5.32 Å². The molecule has 7 heteroatoms. The van der Waals surface area contributed by atoms with Crippen LogP contribution in [0.2, 0.25) is 0 Å². The first-order valence-electron chi connectivity index (χ1n) is 5.05. The van der Waals surface area contributed by atoms with Crippen molar-refractivity contribution in [1.29, 1.82) is 0 Å². The lowest BCUT2D eigenvalue weighted by atomic mass is 10.2. The Morgan fingerprint density at radius 1 is 1.16 bits per heavy atom. The number of hydrogen-bond donors (Lipinski definition) is 1. The summed E-state index contributed by atoms with van der Waals surface area (Å²) in [4.78, 5) is 15.7. The summed E-state index contributed by atoms with van der Waals surface area (Å²) in [6, 6.07) is 5.21. The molecule has 1 aromatic heterocycles. The second-order valence-corrected chi connectivity index (χ2v) is 5.30. The minimum absolute atomic E-state index is 0.226. The molecule has 0 spiro atoms. The number of halogens is 4. The summed E-state index contributed by atoms with van der Waals surface area (Å²) >= 11 is 6.08. The Hall–Kier alpha value is -1.34. The third-order valence-electron chi connectivity index (χ3n) is 2.22. The molecule has 0 saturated heterocycles. The Balaban J connectivity index is 2.28. The number of carbonyl (C=O) groups excluding carboxylic acids is 1. The lowest BCUT2D eigenvalue weighted by Gasteiger charge is -2.07. The number of nitrogens with one attached hydrogen (secondary N) is 1. The van der Waals surface area contributed by atoms with E-state index in [0.29, 0.717) is 10.3 Å². The summed E-state index contributed by atoms with van der Waals surface area (Å²) in [6.07, 6.45) is 1.37. The molecule has 2 rings (SSSR count). The second kappa shape index (κ2) is 5.75. The molecule has 0 atom stereocenters. The summed E-state index contributed by atoms with van der Waals surface area (Å²) in [5, 5.41) is 2.37. The van der Waals surface area contributed by atoms with Gasteiger partial charge in [0.2, 0.25) is 0 Å². The van der Waals surface area contributed by atoms with Crippen molar-refractivity contribution in [3.05, 3.63) is 56.7 Å². The minimum atomic E-state index is -0.936. The van der Waals surface area contributed by atoms with Gasteiger partial charge < -0.3 is 5.32 Å². The smallest absolute Gasteiger partial charge is 0.261 e. The highest BCUT2D eigenvalue weighted by Gasteiger charge is 2.18. The van der Waals surface area contributed by atoms with E-state index in [1.54, 1.807) is 12.1 Å². The van der Waals surface area contributed by atoms with E-state index in [0.717, 1.165) is 12.1 Å². The van der Waals surface area contributed by atoms with E-state index in [1.165, 1.54) is 6.20 Å². The quantitative estimate of drug-likeness (QED) is 0.782. The third-order valence-corrected chi connectivity index (χ3v) is 3.15. The first kappa shape index (κ1) is 14.1. The number of rotatable bonds is 2. The molecule has 2 aromatic rings. The maximum Gasteiger partial charge on any atom is 0.261 e. The standard InChI is InChI=1S/C12H6Br2F2N2O/c13-6-3-8(15)11(9(16)4-6)12(19)18-7-1-2-10(14)17-5-7/h1-5H,(H,18,19). The Kier molecular flexibility index (Phi) is 4.26. The van der Waals surface area contributed by atoms with Gasteiger partial charge >= 0.3 is 0 Å². The van der Waals surface area contributed by atoms with E-state index in [4.69, 9.17) is 0 Å². The molecule has 0 saturated carbocycles. The number of hydrogen-bond acceptors (Lipinski definition) is 2. The topological polar surface area (TPSA) is 42.0 Å². The molecule has 0 fully saturated rings. The Morgan fingerprint density at radius 3 is 2.32 bits per heavy atom. The van der Waals surface area contributed by atoms with Crippen molar-refractivity contribution >= 4 is 43.5 Å². The third kappa shape index (κ3) is 3.36. The Labute approximate surface area is 124 Å². The molecule has 0 aliphatic rings. The molecule has 0 aliphatic heterocycles. The number of anilines is 1. The highest BCUT2D eigenvalue weighted by atomic mass is 79.9. The van der Waals surface area contributed by atoms with Crippen LogP contribution in [0.5, 0.6) is 0 Å². The number of benzene rings is 1. The van der Waals surface area contributed by atoms with E-state index in [2.05, 4.69) is 42.2 Å². The van der Waals surface area contributed by atoms with Crippen molar-refractivity contribution in [1.82, 2.24) is 4.98 Å². The molecule has 0 aliphatic carbocycles. The van der Waals surface area contributed by atoms with Crippen LogP contribution in [0.4, 0.5) is 14.5 Å². The summed E-state index contributed by atoms with van der Waals surface area (Å²) in [5.41, 5.74) is -0.291. The van der Waals surface area contributed by atoms with Gasteiger partial charge in [-0.1, -0.05) is 15.9 Å². The van der Waals surface area contributed by atoms with Gasteiger partial charge in [0.15, 0.2) is 0 Å². The highest BCUT2D eigenvalue weighted by Crippen LogP contribution is 2.20. The molecular weight excluding hydrogens is 386 g/mol. The fourth-order valence-corrected chi connectivity index (χ4v) is 2.04. The molecular formula is C12H6Br2F2N2O. The fraction of sp³-hybridized carbons (Fsp3) is 0. The summed E-state index contributed by atoms with van der Waals surface area (Å²) < 4.78 is 28.0. The largest absolute Gasteiger partial charge is 0.320 e. The molecule has 0 bridgehead atoms. The molecule has 3 nitrogen and oxygen atoms in total. The van der Waals surface area contributed by atoms with Crippen molar-refractivity contribution in [2.24, 2.45) is 0 Å². The zero-order valence-corrected chi connectivity index (χ0v) is 12.4. The number of carbonyl (C=O) groups is 1. The van der Waals surface area contributed by atoms with E-state index < -0.39 is 23.1 Å². The lowest BCUT2D eigenvalue weighted by Crippen LogP contribution is -2.16. The van der Waals surface area contributed by atoms with Crippen LogP contribution in [0.25, 0.3) is 0 Å². The summed E-state index contributed by atoms with van der Waals surface area (Å²) in [6.45, 7) is 0. The molecule has 1 amide bonds. The zero-order valence-electron chi connectivity index (χ0n) is 9.25. The van der Waals surface area contributed by atoms with Gasteiger partial charge in [-0.2, -0.15) is 0 Å². The molecule has 98 valence electrons. The van der Waals surface area contributed by atoms with Crippen LogP contribution in [0, 0.1) is 11.6 Å². The zero-order chi connectivity index (χ0) is 14.0. The van der Waals surface area contributed by atoms with Gasteiger partial charge in [0.25, 0.3) is 5.91 Å². The van der Waals surface area contributed by atoms with Gasteiger partial charge in [-0.3, -0.25) is 4.79 Å². The van der Waals surface area contributed by atoms with E-state index in [1.807, 2.05) is 0 Å². The first-order valence-corrected chi connectivity index (χ1v) is 6.63. The van der Waals surface area contributed by atoms with Gasteiger partial charge in [0, 0.05) is 4.47 Å². The SMILES string of the molecule is O=C(Nc1ccc(Br)nc1)c1c(F)cc(Br)cc1F. The number of pyridine rings is 1. The lowest BCUT2D eigenvalue weighted by molar-refractivity contribution is 0.101. The van der Waals surface area contributed by atoms with Crippen molar-refractivity contribution < 1.29 is 13.6 Å². The van der Waals surface area contributed by atoms with Crippen LogP contribution in [-0.2, 0) is 0 Å². The molecule has 1 heterocycles. The van der Waals surface area contributed by atoms with Gasteiger partial charge in [-0.15, -0.1) is 0 Å². The first-order chi connectivity index (χ1) is 8.97. The number of nitrogens with zero attached hydrogens (tertiary/aromatic N) is 1. The van der Waals surface area contributed by atoms with E-state index in [-0.39, 0.29) is 4.47 Å². The molecule has 1 aromatic carbocycles. The van der Waals surface area contributed by atoms with Crippen molar-refractivity contribution in [3.63, 3.8) is 0 Å². The van der Waals surface area contributed by atoms with Gasteiger partial charge in [0.05, 0.1) is 11.9 Å². The normalized spacial score (nSPS) is 10.3. The van der Waals surface area contributed by atoms with E-state index in [9.17, 15) is 13.6 Å². The van der Waals surface area contributed by atoms with Crippen LogP contribution in [0.1, 0.15) is 10.4 Å². The average Bonchev–Trinajstić information content (AvgIpc) is 2.30. The second-order valence-electron chi connectivity index (χ2n) is 3.57. The van der Waals surface area contributed by atoms with Gasteiger partial charge in [0.1, 0.15) is 21.8 Å². The predicted octanol–water partition coefficient (Wildman–Crippen LogP) is 4.14. The average molecular weight is 392 g/mol. The number of amides is 1. The monoisotopic (exact) mass is 390 g/mol. The number of aromatic nitrogens is 1. The Bertz CT molecular complexity index is 609. The van der Waals surface area contributed by atoms with Crippen molar-refractivity contribution in [3.8, 4) is 0 Å². The molecule has 19 heavy (non-hydrogen) atoms. The van der Waals surface area contributed by atoms with Crippen LogP contribution >= 0.6 is 31.9 Å². The maximum atomic E-state index is 13.6. The summed E-state index contributed by atoms with van der Waals surface area (Å²) in [7, 11) is 0. The Morgan fingerprint density at radius 2 is 1.79 bits per heavy atom. The van der Waals surface area contributed by atoms with Gasteiger partial charge in [-0.25, -0.2) is 13.8 Å².